The largest absolute Gasteiger partial charge is 0.494 e. The van der Waals surface area contributed by atoms with Crippen LogP contribution in [0.3, 0.4) is 0 Å². The summed E-state index contributed by atoms with van der Waals surface area (Å²) in [6.07, 6.45) is 3.58. The van der Waals surface area contributed by atoms with Gasteiger partial charge in [0.05, 0.1) is 19.4 Å². The van der Waals surface area contributed by atoms with Gasteiger partial charge in [0.2, 0.25) is 0 Å². The Kier molecular flexibility index (Phi) is 6.26. The second-order valence-electron chi connectivity index (χ2n) is 5.79. The molecule has 2 rings (SSSR count). The van der Waals surface area contributed by atoms with Crippen LogP contribution in [0, 0.1) is 0 Å². The Labute approximate surface area is 141 Å². The van der Waals surface area contributed by atoms with E-state index >= 15 is 0 Å². The van der Waals surface area contributed by atoms with Crippen LogP contribution >= 0.6 is 0 Å². The fourth-order valence-electron chi connectivity index (χ4n) is 2.07. The Morgan fingerprint density at radius 2 is 2.04 bits per heavy atom. The van der Waals surface area contributed by atoms with Crippen molar-refractivity contribution in [2.24, 2.45) is 0 Å². The highest BCUT2D eigenvalue weighted by Gasteiger charge is 2.26. The molecule has 2 amide bonds. The third-order valence-electron chi connectivity index (χ3n) is 3.52. The predicted molar refractivity (Wildman–Crippen MR) is 92.1 cm³/mol. The van der Waals surface area contributed by atoms with E-state index in [1.807, 2.05) is 12.1 Å². The summed E-state index contributed by atoms with van der Waals surface area (Å²) in [4.78, 5) is 11.9. The minimum absolute atomic E-state index is 0.0323. The molecule has 1 aromatic carbocycles. The van der Waals surface area contributed by atoms with Crippen molar-refractivity contribution in [1.82, 2.24) is 5.32 Å². The molecular weight excluding hydrogens is 308 g/mol. The van der Waals surface area contributed by atoms with E-state index in [1.165, 1.54) is 6.26 Å². The van der Waals surface area contributed by atoms with E-state index in [4.69, 9.17) is 9.15 Å². The summed E-state index contributed by atoms with van der Waals surface area (Å²) in [6.45, 7) is 4.41. The first-order valence-corrected chi connectivity index (χ1v) is 8.05. The SMILES string of the molecule is CCCCOc1ccc(NC(=O)NCC(C)(O)c2ccco2)cc1. The zero-order chi connectivity index (χ0) is 17.4. The van der Waals surface area contributed by atoms with Gasteiger partial charge in [-0.05, 0) is 49.7 Å². The van der Waals surface area contributed by atoms with Crippen LogP contribution in [0.4, 0.5) is 10.5 Å². The number of ether oxygens (including phenoxy) is 1. The molecule has 0 radical (unpaired) electrons. The van der Waals surface area contributed by atoms with Crippen molar-refractivity contribution < 1.29 is 19.1 Å². The number of furan rings is 1. The summed E-state index contributed by atoms with van der Waals surface area (Å²) in [7, 11) is 0. The van der Waals surface area contributed by atoms with Gasteiger partial charge in [-0.25, -0.2) is 4.79 Å². The van der Waals surface area contributed by atoms with Crippen molar-refractivity contribution >= 4 is 11.7 Å². The molecule has 1 atom stereocenters. The number of anilines is 1. The van der Waals surface area contributed by atoms with Crippen LogP contribution in [-0.4, -0.2) is 24.3 Å². The minimum Gasteiger partial charge on any atom is -0.494 e. The van der Waals surface area contributed by atoms with Gasteiger partial charge >= 0.3 is 6.03 Å². The number of carbonyl (C=O) groups excluding carboxylic acids is 1. The zero-order valence-corrected chi connectivity index (χ0v) is 14.0. The first-order valence-electron chi connectivity index (χ1n) is 8.05. The molecule has 1 unspecified atom stereocenters. The molecule has 0 saturated heterocycles. The van der Waals surface area contributed by atoms with Crippen molar-refractivity contribution in [2.45, 2.75) is 32.3 Å². The number of amides is 2. The second-order valence-corrected chi connectivity index (χ2v) is 5.79. The molecule has 0 spiro atoms. The topological polar surface area (TPSA) is 83.7 Å². The Bertz CT molecular complexity index is 621. The lowest BCUT2D eigenvalue weighted by atomic mass is 10.0. The van der Waals surface area contributed by atoms with Crippen molar-refractivity contribution in [2.75, 3.05) is 18.5 Å². The van der Waals surface area contributed by atoms with Crippen LogP contribution in [-0.2, 0) is 5.60 Å². The molecule has 0 aliphatic heterocycles. The number of hydrogen-bond acceptors (Lipinski definition) is 4. The van der Waals surface area contributed by atoms with Gasteiger partial charge in [-0.15, -0.1) is 0 Å². The minimum atomic E-state index is -1.27. The lowest BCUT2D eigenvalue weighted by Gasteiger charge is -2.21. The van der Waals surface area contributed by atoms with Crippen molar-refractivity contribution in [1.29, 1.82) is 0 Å². The van der Waals surface area contributed by atoms with Gasteiger partial charge in [0.15, 0.2) is 0 Å². The number of hydrogen-bond donors (Lipinski definition) is 3. The molecule has 130 valence electrons. The normalized spacial score (nSPS) is 13.1. The Balaban J connectivity index is 1.80. The molecule has 3 N–H and O–H groups in total. The van der Waals surface area contributed by atoms with Crippen LogP contribution in [0.15, 0.2) is 47.1 Å². The molecule has 0 saturated carbocycles. The molecule has 0 aliphatic rings. The van der Waals surface area contributed by atoms with E-state index in [-0.39, 0.29) is 6.54 Å². The maximum Gasteiger partial charge on any atom is 0.319 e. The number of aliphatic hydroxyl groups is 1. The Hall–Kier alpha value is -2.47. The number of urea groups is 1. The maximum absolute atomic E-state index is 11.9. The molecular formula is C18H24N2O4. The van der Waals surface area contributed by atoms with Crippen molar-refractivity contribution in [3.63, 3.8) is 0 Å². The van der Waals surface area contributed by atoms with Crippen molar-refractivity contribution in [3.8, 4) is 5.75 Å². The summed E-state index contributed by atoms with van der Waals surface area (Å²) in [5.74, 6) is 1.17. The summed E-state index contributed by atoms with van der Waals surface area (Å²) in [5, 5.41) is 15.6. The van der Waals surface area contributed by atoms with E-state index < -0.39 is 11.6 Å². The second kappa shape index (κ2) is 8.40. The molecule has 0 aliphatic carbocycles. The van der Waals surface area contributed by atoms with Gasteiger partial charge in [-0.3, -0.25) is 0 Å². The maximum atomic E-state index is 11.9. The lowest BCUT2D eigenvalue weighted by Crippen LogP contribution is -2.40. The number of nitrogens with one attached hydrogen (secondary N) is 2. The first kappa shape index (κ1) is 17.9. The van der Waals surface area contributed by atoms with E-state index in [0.717, 1.165) is 18.6 Å². The van der Waals surface area contributed by atoms with Crippen LogP contribution < -0.4 is 15.4 Å². The number of rotatable bonds is 8. The highest BCUT2D eigenvalue weighted by atomic mass is 16.5. The molecule has 0 fully saturated rings. The lowest BCUT2D eigenvalue weighted by molar-refractivity contribution is 0.0372. The third kappa shape index (κ3) is 5.31. The molecule has 0 bridgehead atoms. The molecule has 2 aromatic rings. The van der Waals surface area contributed by atoms with Crippen molar-refractivity contribution in [3.05, 3.63) is 48.4 Å². The fraction of sp³-hybridized carbons (Fsp3) is 0.389. The average molecular weight is 332 g/mol. The number of benzene rings is 1. The van der Waals surface area contributed by atoms with Crippen LogP contribution in [0.25, 0.3) is 0 Å². The quantitative estimate of drug-likeness (QED) is 0.646. The average Bonchev–Trinajstić information content (AvgIpc) is 3.10. The molecule has 1 aromatic heterocycles. The van der Waals surface area contributed by atoms with E-state index in [1.54, 1.807) is 31.2 Å². The third-order valence-corrected chi connectivity index (χ3v) is 3.52. The van der Waals surface area contributed by atoms with E-state index in [0.29, 0.717) is 18.1 Å². The van der Waals surface area contributed by atoms with Crippen LogP contribution in [0.2, 0.25) is 0 Å². The first-order chi connectivity index (χ1) is 11.5. The summed E-state index contributed by atoms with van der Waals surface area (Å²) < 4.78 is 10.7. The summed E-state index contributed by atoms with van der Waals surface area (Å²) in [6, 6.07) is 10.1. The predicted octanol–water partition coefficient (Wildman–Crippen LogP) is 3.49. The van der Waals surface area contributed by atoms with Gasteiger partial charge in [0.1, 0.15) is 17.1 Å². The van der Waals surface area contributed by atoms with Gasteiger partial charge in [0.25, 0.3) is 0 Å². The van der Waals surface area contributed by atoms with Crippen LogP contribution in [0.1, 0.15) is 32.4 Å². The van der Waals surface area contributed by atoms with Gasteiger partial charge in [0, 0.05) is 5.69 Å². The Morgan fingerprint density at radius 3 is 2.67 bits per heavy atom. The molecule has 1 heterocycles. The fourth-order valence-corrected chi connectivity index (χ4v) is 2.07. The van der Waals surface area contributed by atoms with E-state index in [2.05, 4.69) is 17.6 Å². The van der Waals surface area contributed by atoms with Gasteiger partial charge < -0.3 is 24.9 Å². The molecule has 6 nitrogen and oxygen atoms in total. The monoisotopic (exact) mass is 332 g/mol. The smallest absolute Gasteiger partial charge is 0.319 e. The number of carbonyl (C=O) groups is 1. The zero-order valence-electron chi connectivity index (χ0n) is 14.0. The standard InChI is InChI=1S/C18H24N2O4/c1-3-4-11-23-15-9-7-14(8-10-15)20-17(21)19-13-18(2,22)16-6-5-12-24-16/h5-10,12,22H,3-4,11,13H2,1-2H3,(H2,19,20,21). The molecule has 24 heavy (non-hydrogen) atoms. The van der Waals surface area contributed by atoms with Crippen LogP contribution in [0.5, 0.6) is 5.75 Å². The highest BCUT2D eigenvalue weighted by molar-refractivity contribution is 5.89. The summed E-state index contributed by atoms with van der Waals surface area (Å²) in [5.41, 5.74) is -0.620. The number of unbranched alkanes of at least 4 members (excludes halogenated alkanes) is 1. The molecule has 6 heteroatoms. The van der Waals surface area contributed by atoms with E-state index in [9.17, 15) is 9.90 Å². The van der Waals surface area contributed by atoms with Gasteiger partial charge in [-0.1, -0.05) is 13.3 Å². The van der Waals surface area contributed by atoms with Gasteiger partial charge in [-0.2, -0.15) is 0 Å². The Morgan fingerprint density at radius 1 is 1.29 bits per heavy atom. The highest BCUT2D eigenvalue weighted by Crippen LogP contribution is 2.20. The summed E-state index contributed by atoms with van der Waals surface area (Å²) >= 11 is 0.